The van der Waals surface area contributed by atoms with Crippen LogP contribution in [0.3, 0.4) is 0 Å². The van der Waals surface area contributed by atoms with E-state index in [1.807, 2.05) is 6.92 Å². The van der Waals surface area contributed by atoms with Gasteiger partial charge >= 0.3 is 0 Å². The number of rotatable bonds is 4. The average molecular weight is 212 g/mol. The van der Waals surface area contributed by atoms with Gasteiger partial charge in [-0.05, 0) is 38.5 Å². The SMILES string of the molecule is CCCC(C)(N)C(=O)NC1CCC(C)C1. The first kappa shape index (κ1) is 12.5. The predicted molar refractivity (Wildman–Crippen MR) is 62.4 cm³/mol. The normalized spacial score (nSPS) is 29.9. The molecular weight excluding hydrogens is 188 g/mol. The molecule has 15 heavy (non-hydrogen) atoms. The summed E-state index contributed by atoms with van der Waals surface area (Å²) >= 11 is 0. The summed E-state index contributed by atoms with van der Waals surface area (Å²) in [6.45, 7) is 6.11. The van der Waals surface area contributed by atoms with Crippen molar-refractivity contribution in [1.29, 1.82) is 0 Å². The molecule has 1 aliphatic carbocycles. The Balaban J connectivity index is 2.41. The van der Waals surface area contributed by atoms with Crippen molar-refractivity contribution in [3.05, 3.63) is 0 Å². The molecule has 88 valence electrons. The minimum absolute atomic E-state index is 0.0171. The summed E-state index contributed by atoms with van der Waals surface area (Å²) in [6, 6.07) is 0.354. The highest BCUT2D eigenvalue weighted by Crippen LogP contribution is 2.25. The molecular formula is C12H24N2O. The molecule has 1 saturated carbocycles. The van der Waals surface area contributed by atoms with Gasteiger partial charge in [-0.3, -0.25) is 4.79 Å². The van der Waals surface area contributed by atoms with Crippen molar-refractivity contribution >= 4 is 5.91 Å². The highest BCUT2D eigenvalue weighted by Gasteiger charge is 2.30. The van der Waals surface area contributed by atoms with Crippen molar-refractivity contribution in [3.8, 4) is 0 Å². The van der Waals surface area contributed by atoms with Crippen LogP contribution in [0.15, 0.2) is 0 Å². The Kier molecular flexibility index (Phi) is 4.14. The van der Waals surface area contributed by atoms with Crippen LogP contribution in [0.25, 0.3) is 0 Å². The molecule has 0 bridgehead atoms. The summed E-state index contributed by atoms with van der Waals surface area (Å²) in [6.07, 6.45) is 5.13. The lowest BCUT2D eigenvalue weighted by Crippen LogP contribution is -2.53. The Morgan fingerprint density at radius 3 is 2.67 bits per heavy atom. The van der Waals surface area contributed by atoms with E-state index in [4.69, 9.17) is 5.73 Å². The van der Waals surface area contributed by atoms with Crippen LogP contribution >= 0.6 is 0 Å². The van der Waals surface area contributed by atoms with E-state index in [2.05, 4.69) is 19.2 Å². The Hall–Kier alpha value is -0.570. The van der Waals surface area contributed by atoms with Crippen LogP contribution in [0.4, 0.5) is 0 Å². The average Bonchev–Trinajstić information content (AvgIpc) is 2.51. The smallest absolute Gasteiger partial charge is 0.240 e. The predicted octanol–water partition coefficient (Wildman–Crippen LogP) is 1.81. The molecule has 0 heterocycles. The van der Waals surface area contributed by atoms with Crippen LogP contribution in [-0.2, 0) is 4.79 Å². The van der Waals surface area contributed by atoms with Gasteiger partial charge in [-0.25, -0.2) is 0 Å². The van der Waals surface area contributed by atoms with E-state index in [9.17, 15) is 4.79 Å². The highest BCUT2D eigenvalue weighted by molar-refractivity contribution is 5.85. The third-order valence-corrected chi connectivity index (χ3v) is 3.32. The molecule has 3 N–H and O–H groups in total. The largest absolute Gasteiger partial charge is 0.352 e. The maximum Gasteiger partial charge on any atom is 0.240 e. The first-order valence-electron chi connectivity index (χ1n) is 6.05. The van der Waals surface area contributed by atoms with Gasteiger partial charge in [0.2, 0.25) is 5.91 Å². The summed E-state index contributed by atoms with van der Waals surface area (Å²) < 4.78 is 0. The van der Waals surface area contributed by atoms with Crippen LogP contribution < -0.4 is 11.1 Å². The molecule has 3 unspecified atom stereocenters. The van der Waals surface area contributed by atoms with E-state index >= 15 is 0 Å². The summed E-state index contributed by atoms with van der Waals surface area (Å²) in [4.78, 5) is 11.9. The molecule has 1 aliphatic rings. The fraction of sp³-hybridized carbons (Fsp3) is 0.917. The second-order valence-electron chi connectivity index (χ2n) is 5.26. The van der Waals surface area contributed by atoms with Gasteiger partial charge < -0.3 is 11.1 Å². The zero-order chi connectivity index (χ0) is 11.5. The van der Waals surface area contributed by atoms with Gasteiger partial charge in [0, 0.05) is 6.04 Å². The third kappa shape index (κ3) is 3.49. The Labute approximate surface area is 92.8 Å². The maximum absolute atomic E-state index is 11.9. The van der Waals surface area contributed by atoms with E-state index < -0.39 is 5.54 Å². The van der Waals surface area contributed by atoms with Crippen LogP contribution in [0.2, 0.25) is 0 Å². The Morgan fingerprint density at radius 1 is 1.53 bits per heavy atom. The van der Waals surface area contributed by atoms with Crippen molar-refractivity contribution in [1.82, 2.24) is 5.32 Å². The number of carbonyl (C=O) groups is 1. The maximum atomic E-state index is 11.9. The van der Waals surface area contributed by atoms with Crippen molar-refractivity contribution in [3.63, 3.8) is 0 Å². The van der Waals surface area contributed by atoms with Crippen molar-refractivity contribution in [2.45, 2.75) is 64.5 Å². The number of amides is 1. The van der Waals surface area contributed by atoms with Crippen LogP contribution in [0.1, 0.15) is 52.9 Å². The lowest BCUT2D eigenvalue weighted by Gasteiger charge is -2.25. The van der Waals surface area contributed by atoms with Gasteiger partial charge in [0.05, 0.1) is 5.54 Å². The van der Waals surface area contributed by atoms with Crippen molar-refractivity contribution in [2.75, 3.05) is 0 Å². The monoisotopic (exact) mass is 212 g/mol. The zero-order valence-corrected chi connectivity index (χ0v) is 10.2. The first-order valence-corrected chi connectivity index (χ1v) is 6.05. The molecule has 0 saturated heterocycles. The molecule has 1 rings (SSSR count). The fourth-order valence-electron chi connectivity index (χ4n) is 2.32. The standard InChI is InChI=1S/C12H24N2O/c1-4-7-12(3,13)11(15)14-10-6-5-9(2)8-10/h9-10H,4-8,13H2,1-3H3,(H,14,15). The number of nitrogens with one attached hydrogen (secondary N) is 1. The van der Waals surface area contributed by atoms with Gasteiger partial charge in [0.15, 0.2) is 0 Å². The molecule has 3 atom stereocenters. The molecule has 3 nitrogen and oxygen atoms in total. The summed E-state index contributed by atoms with van der Waals surface area (Å²) in [5.41, 5.74) is 5.28. The number of nitrogens with two attached hydrogens (primary N) is 1. The molecule has 0 spiro atoms. The van der Waals surface area contributed by atoms with Crippen LogP contribution in [0.5, 0.6) is 0 Å². The number of hydrogen-bond donors (Lipinski definition) is 2. The summed E-state index contributed by atoms with van der Waals surface area (Å²) in [5, 5.41) is 3.07. The molecule has 0 aromatic carbocycles. The molecule has 1 amide bonds. The molecule has 3 heteroatoms. The van der Waals surface area contributed by atoms with E-state index in [1.54, 1.807) is 0 Å². The Bertz CT molecular complexity index is 226. The van der Waals surface area contributed by atoms with Crippen molar-refractivity contribution in [2.24, 2.45) is 11.7 Å². The van der Waals surface area contributed by atoms with Gasteiger partial charge in [0.25, 0.3) is 0 Å². The number of carbonyl (C=O) groups excluding carboxylic acids is 1. The minimum Gasteiger partial charge on any atom is -0.352 e. The van der Waals surface area contributed by atoms with E-state index in [0.29, 0.717) is 6.04 Å². The molecule has 0 aliphatic heterocycles. The molecule has 0 aromatic heterocycles. The molecule has 0 aromatic rings. The Morgan fingerprint density at radius 2 is 2.20 bits per heavy atom. The zero-order valence-electron chi connectivity index (χ0n) is 10.2. The van der Waals surface area contributed by atoms with Crippen molar-refractivity contribution < 1.29 is 4.79 Å². The molecule has 0 radical (unpaired) electrons. The topological polar surface area (TPSA) is 55.1 Å². The van der Waals surface area contributed by atoms with E-state index in [1.165, 1.54) is 6.42 Å². The lowest BCUT2D eigenvalue weighted by molar-refractivity contribution is -0.126. The second kappa shape index (κ2) is 4.97. The highest BCUT2D eigenvalue weighted by atomic mass is 16.2. The van der Waals surface area contributed by atoms with Gasteiger partial charge in [-0.1, -0.05) is 20.3 Å². The summed E-state index contributed by atoms with van der Waals surface area (Å²) in [5.74, 6) is 0.758. The second-order valence-corrected chi connectivity index (χ2v) is 5.26. The minimum atomic E-state index is -0.694. The van der Waals surface area contributed by atoms with Crippen LogP contribution in [0, 0.1) is 5.92 Å². The van der Waals surface area contributed by atoms with Crippen LogP contribution in [-0.4, -0.2) is 17.5 Å². The van der Waals surface area contributed by atoms with Gasteiger partial charge in [-0.15, -0.1) is 0 Å². The van der Waals surface area contributed by atoms with E-state index in [-0.39, 0.29) is 5.91 Å². The fourth-order valence-corrected chi connectivity index (χ4v) is 2.32. The van der Waals surface area contributed by atoms with E-state index in [0.717, 1.165) is 31.6 Å². The molecule has 1 fully saturated rings. The van der Waals surface area contributed by atoms with Gasteiger partial charge in [0.1, 0.15) is 0 Å². The van der Waals surface area contributed by atoms with Gasteiger partial charge in [-0.2, -0.15) is 0 Å². The quantitative estimate of drug-likeness (QED) is 0.746. The third-order valence-electron chi connectivity index (χ3n) is 3.32. The first-order chi connectivity index (χ1) is 6.95. The number of hydrogen-bond acceptors (Lipinski definition) is 2. The summed E-state index contributed by atoms with van der Waals surface area (Å²) in [7, 11) is 0. The lowest BCUT2D eigenvalue weighted by atomic mass is 9.96.